The van der Waals surface area contributed by atoms with Gasteiger partial charge in [0.1, 0.15) is 6.10 Å². The lowest BCUT2D eigenvalue weighted by Gasteiger charge is -2.61. The average Bonchev–Trinajstić information content (AvgIpc) is 3.38. The lowest BCUT2D eigenvalue weighted by atomic mass is 9.43. The smallest absolute Gasteiger partial charge is 0.310 e. The van der Waals surface area contributed by atoms with Crippen molar-refractivity contribution in [2.45, 2.75) is 71.5 Å². The molecule has 2 aliphatic carbocycles. The van der Waals surface area contributed by atoms with Gasteiger partial charge in [0.2, 0.25) is 0 Å². The van der Waals surface area contributed by atoms with Crippen molar-refractivity contribution in [2.24, 2.45) is 28.6 Å². The fraction of sp³-hybridized carbons (Fsp3) is 0.667. The Morgan fingerprint density at radius 1 is 1.11 bits per heavy atom. The summed E-state index contributed by atoms with van der Waals surface area (Å²) >= 11 is 0. The highest BCUT2D eigenvalue weighted by molar-refractivity contribution is 5.93. The molecule has 2 saturated carbocycles. The number of fused-ring (bicyclic) bond motifs is 3. The highest BCUT2D eigenvalue weighted by Crippen LogP contribution is 2.65. The summed E-state index contributed by atoms with van der Waals surface area (Å²) in [6, 6.07) is 1.72. The molecule has 3 fully saturated rings. The van der Waals surface area contributed by atoms with E-state index in [-0.39, 0.29) is 31.7 Å². The molecule has 0 unspecified atom stereocenters. The highest BCUT2D eigenvalue weighted by Gasteiger charge is 2.67. The summed E-state index contributed by atoms with van der Waals surface area (Å²) in [5.74, 6) is -4.49. The molecule has 3 aliphatic rings. The van der Waals surface area contributed by atoms with Gasteiger partial charge in [-0.15, -0.1) is 0 Å². The van der Waals surface area contributed by atoms with E-state index in [1.165, 1.54) is 19.6 Å². The second-order valence-electron chi connectivity index (χ2n) is 10.7. The second kappa shape index (κ2) is 10.3. The Morgan fingerprint density at radius 3 is 2.49 bits per heavy atom. The molecule has 1 aromatic rings. The third-order valence-corrected chi connectivity index (χ3v) is 8.62. The van der Waals surface area contributed by atoms with Crippen molar-refractivity contribution in [2.75, 3.05) is 13.7 Å². The maximum Gasteiger partial charge on any atom is 0.310 e. The van der Waals surface area contributed by atoms with E-state index in [1.807, 2.05) is 13.8 Å². The van der Waals surface area contributed by atoms with Crippen LogP contribution in [-0.4, -0.2) is 49.5 Å². The molecule has 1 saturated heterocycles. The first-order valence-corrected chi connectivity index (χ1v) is 12.7. The third kappa shape index (κ3) is 4.78. The molecule has 0 aromatic carbocycles. The van der Waals surface area contributed by atoms with Crippen LogP contribution < -0.4 is 0 Å². The van der Waals surface area contributed by atoms with Crippen LogP contribution in [0.5, 0.6) is 0 Å². The van der Waals surface area contributed by atoms with E-state index in [0.717, 1.165) is 0 Å². The number of carbonyl (C=O) groups is 5. The Hall–Kier alpha value is -3.17. The zero-order valence-corrected chi connectivity index (χ0v) is 21.7. The molecular weight excluding hydrogens is 484 g/mol. The van der Waals surface area contributed by atoms with Crippen molar-refractivity contribution >= 4 is 29.7 Å². The summed E-state index contributed by atoms with van der Waals surface area (Å²) in [4.78, 5) is 64.5. The molecule has 7 atom stereocenters. The zero-order valence-electron chi connectivity index (χ0n) is 21.7. The Bertz CT molecular complexity index is 1060. The average molecular weight is 519 g/mol. The lowest BCUT2D eigenvalue weighted by Crippen LogP contribution is -2.64. The van der Waals surface area contributed by atoms with Crippen LogP contribution >= 0.6 is 0 Å². The third-order valence-electron chi connectivity index (χ3n) is 8.62. The van der Waals surface area contributed by atoms with Crippen molar-refractivity contribution in [3.05, 3.63) is 24.2 Å². The Balaban J connectivity index is 1.66. The number of methoxy groups -OCH3 is 1. The van der Waals surface area contributed by atoms with Crippen molar-refractivity contribution in [3.8, 4) is 0 Å². The minimum atomic E-state index is -1.20. The number of hydrogen-bond donors (Lipinski definition) is 0. The largest absolute Gasteiger partial charge is 0.472 e. The number of Topliss-reactive ketones (excluding diaryl/α,β-unsaturated/α-hetero) is 1. The number of ketones is 1. The normalized spacial score (nSPS) is 35.0. The fourth-order valence-corrected chi connectivity index (χ4v) is 6.92. The number of hydrogen-bond acceptors (Lipinski definition) is 10. The molecule has 4 rings (SSSR count). The lowest BCUT2D eigenvalue weighted by molar-refractivity contribution is -0.210. The first-order chi connectivity index (χ1) is 17.5. The van der Waals surface area contributed by atoms with Crippen LogP contribution in [0.3, 0.4) is 0 Å². The van der Waals surface area contributed by atoms with Crippen LogP contribution in [0.4, 0.5) is 0 Å². The maximum absolute atomic E-state index is 14.1. The van der Waals surface area contributed by atoms with E-state index >= 15 is 0 Å². The number of esters is 4. The topological polar surface area (TPSA) is 135 Å². The van der Waals surface area contributed by atoms with Gasteiger partial charge in [0.05, 0.1) is 50.9 Å². The van der Waals surface area contributed by atoms with E-state index < -0.39 is 64.7 Å². The Labute approximate surface area is 215 Å². The standard InChI is InChI=1S/C27H34O10/c1-5-35-20(28)6-7-21(29)36-18-12-17(24(31)33-4)26(2)10-8-16-25(32)37-19(15-9-11-34-14-15)13-27(16,3)23(26)22(18)30/h9,11,14,16-19,23H,5-8,10,12-13H2,1-4H3/t16-,17-,18-,19-,23-,26-,27-/m0/s1. The molecule has 0 spiro atoms. The SMILES string of the molecule is CCOC(=O)CCC(=O)O[C@H]1C[C@@H](C(=O)OC)[C@]2(C)CC[C@H]3C(=O)O[C@H](c4ccoc4)C[C@]3(C)[C@H]2C1=O. The van der Waals surface area contributed by atoms with Crippen LogP contribution in [0.1, 0.15) is 71.0 Å². The van der Waals surface area contributed by atoms with Gasteiger partial charge in [-0.1, -0.05) is 13.8 Å². The molecule has 0 radical (unpaired) electrons. The highest BCUT2D eigenvalue weighted by atomic mass is 16.6. The maximum atomic E-state index is 14.1. The van der Waals surface area contributed by atoms with Crippen LogP contribution in [0.15, 0.2) is 23.0 Å². The van der Waals surface area contributed by atoms with Gasteiger partial charge in [-0.3, -0.25) is 24.0 Å². The molecule has 10 heteroatoms. The van der Waals surface area contributed by atoms with E-state index in [2.05, 4.69) is 0 Å². The van der Waals surface area contributed by atoms with Gasteiger partial charge in [0.25, 0.3) is 0 Å². The zero-order chi connectivity index (χ0) is 27.0. The first kappa shape index (κ1) is 26.9. The van der Waals surface area contributed by atoms with E-state index in [1.54, 1.807) is 13.0 Å². The summed E-state index contributed by atoms with van der Waals surface area (Å²) in [6.07, 6.45) is 2.03. The fourth-order valence-electron chi connectivity index (χ4n) is 6.92. The van der Waals surface area contributed by atoms with E-state index in [9.17, 15) is 24.0 Å². The molecule has 202 valence electrons. The van der Waals surface area contributed by atoms with E-state index in [4.69, 9.17) is 23.4 Å². The van der Waals surface area contributed by atoms with Gasteiger partial charge in [-0.05, 0) is 43.1 Å². The number of ether oxygens (including phenoxy) is 4. The molecule has 10 nitrogen and oxygen atoms in total. The van der Waals surface area contributed by atoms with Gasteiger partial charge in [0, 0.05) is 17.9 Å². The van der Waals surface area contributed by atoms with Crippen LogP contribution in [0.2, 0.25) is 0 Å². The quantitative estimate of drug-likeness (QED) is 0.391. The monoisotopic (exact) mass is 518 g/mol. The summed E-state index contributed by atoms with van der Waals surface area (Å²) in [7, 11) is 1.29. The summed E-state index contributed by atoms with van der Waals surface area (Å²) < 4.78 is 26.5. The molecule has 0 amide bonds. The summed E-state index contributed by atoms with van der Waals surface area (Å²) in [5.41, 5.74) is -0.971. The molecular formula is C27H34O10. The van der Waals surface area contributed by atoms with Crippen LogP contribution in [-0.2, 0) is 42.9 Å². The van der Waals surface area contributed by atoms with Gasteiger partial charge in [0.15, 0.2) is 11.9 Å². The van der Waals surface area contributed by atoms with Gasteiger partial charge >= 0.3 is 23.9 Å². The predicted octanol–water partition coefficient (Wildman–Crippen LogP) is 3.32. The second-order valence-corrected chi connectivity index (χ2v) is 10.7. The molecule has 37 heavy (non-hydrogen) atoms. The van der Waals surface area contributed by atoms with Crippen molar-refractivity contribution < 1.29 is 47.3 Å². The molecule has 2 heterocycles. The Morgan fingerprint density at radius 2 is 1.84 bits per heavy atom. The van der Waals surface area contributed by atoms with Crippen LogP contribution in [0.25, 0.3) is 0 Å². The van der Waals surface area contributed by atoms with Crippen molar-refractivity contribution in [1.82, 2.24) is 0 Å². The predicted molar refractivity (Wildman–Crippen MR) is 125 cm³/mol. The minimum absolute atomic E-state index is 0.0139. The van der Waals surface area contributed by atoms with Gasteiger partial charge < -0.3 is 23.4 Å². The summed E-state index contributed by atoms with van der Waals surface area (Å²) in [6.45, 7) is 5.64. The number of rotatable bonds is 7. The number of cyclic esters (lactones) is 1. The van der Waals surface area contributed by atoms with Crippen molar-refractivity contribution in [1.29, 1.82) is 0 Å². The van der Waals surface area contributed by atoms with E-state index in [0.29, 0.717) is 24.8 Å². The molecule has 0 bridgehead atoms. The number of furan rings is 1. The Kier molecular flexibility index (Phi) is 7.48. The van der Waals surface area contributed by atoms with Crippen molar-refractivity contribution in [3.63, 3.8) is 0 Å². The van der Waals surface area contributed by atoms with Gasteiger partial charge in [-0.2, -0.15) is 0 Å². The first-order valence-electron chi connectivity index (χ1n) is 12.7. The molecule has 1 aromatic heterocycles. The molecule has 0 N–H and O–H groups in total. The number of carbonyl (C=O) groups excluding carboxylic acids is 5. The van der Waals surface area contributed by atoms with Crippen LogP contribution in [0, 0.1) is 28.6 Å². The van der Waals surface area contributed by atoms with Gasteiger partial charge in [-0.25, -0.2) is 0 Å². The summed E-state index contributed by atoms with van der Waals surface area (Å²) in [5, 5.41) is 0. The minimum Gasteiger partial charge on any atom is -0.472 e. The molecule has 1 aliphatic heterocycles.